The summed E-state index contributed by atoms with van der Waals surface area (Å²) in [5, 5.41) is 8.11. The number of carbonyl (C=O) groups is 1. The minimum atomic E-state index is -0.0975. The van der Waals surface area contributed by atoms with Gasteiger partial charge in [-0.2, -0.15) is 5.10 Å². The topological polar surface area (TPSA) is 59.4 Å². The molecule has 0 radical (unpaired) electrons. The summed E-state index contributed by atoms with van der Waals surface area (Å²) >= 11 is 0. The van der Waals surface area contributed by atoms with E-state index in [9.17, 15) is 4.79 Å². The van der Waals surface area contributed by atoms with Crippen molar-refractivity contribution in [3.8, 4) is 22.7 Å². The largest absolute Gasteiger partial charge is 0.497 e. The van der Waals surface area contributed by atoms with Crippen LogP contribution in [0.5, 0.6) is 5.75 Å². The van der Waals surface area contributed by atoms with E-state index >= 15 is 0 Å². The molecule has 1 fully saturated rings. The zero-order chi connectivity index (χ0) is 24.9. The van der Waals surface area contributed by atoms with Crippen molar-refractivity contribution >= 4 is 5.91 Å². The predicted molar refractivity (Wildman–Crippen MR) is 142 cm³/mol. The molecule has 1 aliphatic heterocycles. The number of hydrogen-bond donors (Lipinski definition) is 1. The third-order valence-electron chi connectivity index (χ3n) is 6.73. The van der Waals surface area contributed by atoms with E-state index < -0.39 is 0 Å². The summed E-state index contributed by atoms with van der Waals surface area (Å²) in [7, 11) is 1.65. The standard InChI is InChI=1S/C30H32N4O2/c1-22-8-6-12-26(18-22)34-29(20-28(32-34)24-11-7-13-27(19-24)36-2)30(35)31-25-14-16-33(17-15-25)21-23-9-4-3-5-10-23/h3-13,18-20,25H,14-17,21H2,1-2H3,(H,31,35). The summed E-state index contributed by atoms with van der Waals surface area (Å²) in [4.78, 5) is 16.0. The number of hydrogen-bond acceptors (Lipinski definition) is 4. The average Bonchev–Trinajstić information content (AvgIpc) is 3.36. The highest BCUT2D eigenvalue weighted by molar-refractivity contribution is 5.94. The molecule has 5 rings (SSSR count). The molecule has 0 aliphatic carbocycles. The van der Waals surface area contributed by atoms with Crippen LogP contribution < -0.4 is 10.1 Å². The van der Waals surface area contributed by atoms with Crippen LogP contribution in [0.2, 0.25) is 0 Å². The molecule has 36 heavy (non-hydrogen) atoms. The van der Waals surface area contributed by atoms with Crippen molar-refractivity contribution in [1.29, 1.82) is 0 Å². The van der Waals surface area contributed by atoms with Crippen molar-refractivity contribution < 1.29 is 9.53 Å². The van der Waals surface area contributed by atoms with Gasteiger partial charge in [0.15, 0.2) is 0 Å². The van der Waals surface area contributed by atoms with Crippen LogP contribution in [0.1, 0.15) is 34.5 Å². The van der Waals surface area contributed by atoms with E-state index in [0.29, 0.717) is 5.69 Å². The molecule has 0 atom stereocenters. The van der Waals surface area contributed by atoms with Crippen LogP contribution in [0.25, 0.3) is 16.9 Å². The van der Waals surface area contributed by atoms with Crippen molar-refractivity contribution in [3.63, 3.8) is 0 Å². The molecular formula is C30H32N4O2. The Balaban J connectivity index is 1.34. The van der Waals surface area contributed by atoms with E-state index in [-0.39, 0.29) is 11.9 Å². The van der Waals surface area contributed by atoms with Gasteiger partial charge in [0.25, 0.3) is 5.91 Å². The third-order valence-corrected chi connectivity index (χ3v) is 6.73. The maximum Gasteiger partial charge on any atom is 0.270 e. The Morgan fingerprint density at radius 3 is 2.50 bits per heavy atom. The van der Waals surface area contributed by atoms with E-state index in [2.05, 4.69) is 34.5 Å². The van der Waals surface area contributed by atoms with Gasteiger partial charge in [0.2, 0.25) is 0 Å². The first-order valence-corrected chi connectivity index (χ1v) is 12.5. The minimum Gasteiger partial charge on any atom is -0.497 e. The van der Waals surface area contributed by atoms with Gasteiger partial charge < -0.3 is 10.1 Å². The van der Waals surface area contributed by atoms with E-state index in [4.69, 9.17) is 9.84 Å². The van der Waals surface area contributed by atoms with Crippen LogP contribution in [-0.2, 0) is 6.54 Å². The van der Waals surface area contributed by atoms with Gasteiger partial charge in [-0.05, 0) is 61.2 Å². The Morgan fingerprint density at radius 1 is 0.972 bits per heavy atom. The molecule has 4 aromatic rings. The molecule has 0 bridgehead atoms. The minimum absolute atomic E-state index is 0.0975. The molecule has 184 valence electrons. The van der Waals surface area contributed by atoms with Crippen LogP contribution in [0.4, 0.5) is 0 Å². The number of nitrogens with one attached hydrogen (secondary N) is 1. The number of aryl methyl sites for hydroxylation is 1. The lowest BCUT2D eigenvalue weighted by molar-refractivity contribution is 0.0901. The Kier molecular flexibility index (Phi) is 7.14. The lowest BCUT2D eigenvalue weighted by atomic mass is 10.0. The van der Waals surface area contributed by atoms with Gasteiger partial charge in [-0.25, -0.2) is 4.68 Å². The number of methoxy groups -OCH3 is 1. The van der Waals surface area contributed by atoms with E-state index in [1.54, 1.807) is 11.8 Å². The fraction of sp³-hybridized carbons (Fsp3) is 0.267. The fourth-order valence-electron chi connectivity index (χ4n) is 4.76. The van der Waals surface area contributed by atoms with Gasteiger partial charge >= 0.3 is 0 Å². The molecule has 3 aromatic carbocycles. The number of nitrogens with zero attached hydrogens (tertiary/aromatic N) is 3. The smallest absolute Gasteiger partial charge is 0.270 e. The van der Waals surface area contributed by atoms with E-state index in [0.717, 1.165) is 60.7 Å². The summed E-state index contributed by atoms with van der Waals surface area (Å²) in [5.74, 6) is 0.658. The van der Waals surface area contributed by atoms with Crippen molar-refractivity contribution in [2.75, 3.05) is 20.2 Å². The Bertz CT molecular complexity index is 1320. The molecule has 1 aliphatic rings. The normalized spacial score (nSPS) is 14.5. The molecule has 1 N–H and O–H groups in total. The molecule has 0 spiro atoms. The lowest BCUT2D eigenvalue weighted by Gasteiger charge is -2.32. The summed E-state index contributed by atoms with van der Waals surface area (Å²) in [6, 6.07) is 28.4. The zero-order valence-electron chi connectivity index (χ0n) is 20.9. The van der Waals surface area contributed by atoms with Gasteiger partial charge in [0, 0.05) is 31.2 Å². The number of piperidine rings is 1. The van der Waals surface area contributed by atoms with Gasteiger partial charge in [0.05, 0.1) is 18.5 Å². The van der Waals surface area contributed by atoms with Crippen LogP contribution in [0, 0.1) is 6.92 Å². The maximum absolute atomic E-state index is 13.5. The van der Waals surface area contributed by atoms with Crippen molar-refractivity contribution in [1.82, 2.24) is 20.0 Å². The highest BCUT2D eigenvalue weighted by Crippen LogP contribution is 2.26. The highest BCUT2D eigenvalue weighted by Gasteiger charge is 2.24. The zero-order valence-corrected chi connectivity index (χ0v) is 20.9. The second kappa shape index (κ2) is 10.8. The molecule has 0 saturated carbocycles. The lowest BCUT2D eigenvalue weighted by Crippen LogP contribution is -2.44. The van der Waals surface area contributed by atoms with Crippen LogP contribution in [-0.4, -0.2) is 46.8 Å². The molecule has 0 unspecified atom stereocenters. The first kappa shape index (κ1) is 23.8. The summed E-state index contributed by atoms with van der Waals surface area (Å²) in [6.07, 6.45) is 1.86. The Labute approximate surface area is 212 Å². The number of aromatic nitrogens is 2. The summed E-state index contributed by atoms with van der Waals surface area (Å²) < 4.78 is 7.14. The van der Waals surface area contributed by atoms with Crippen LogP contribution in [0.15, 0.2) is 84.9 Å². The first-order chi connectivity index (χ1) is 17.6. The molecule has 6 heteroatoms. The molecule has 2 heterocycles. The highest BCUT2D eigenvalue weighted by atomic mass is 16.5. The predicted octanol–water partition coefficient (Wildman–Crippen LogP) is 5.25. The Morgan fingerprint density at radius 2 is 1.75 bits per heavy atom. The van der Waals surface area contributed by atoms with E-state index in [1.807, 2.05) is 67.6 Å². The molecule has 1 saturated heterocycles. The number of benzene rings is 3. The van der Waals surface area contributed by atoms with Gasteiger partial charge in [-0.1, -0.05) is 54.6 Å². The fourth-order valence-corrected chi connectivity index (χ4v) is 4.76. The summed E-state index contributed by atoms with van der Waals surface area (Å²) in [5.41, 5.74) is 5.48. The average molecular weight is 481 g/mol. The number of amides is 1. The number of likely N-dealkylation sites (tertiary alicyclic amines) is 1. The van der Waals surface area contributed by atoms with Gasteiger partial charge in [-0.3, -0.25) is 9.69 Å². The summed E-state index contributed by atoms with van der Waals surface area (Å²) in [6.45, 7) is 4.92. The van der Waals surface area contributed by atoms with Crippen LogP contribution in [0.3, 0.4) is 0 Å². The molecular weight excluding hydrogens is 448 g/mol. The maximum atomic E-state index is 13.5. The second-order valence-corrected chi connectivity index (χ2v) is 9.41. The van der Waals surface area contributed by atoms with E-state index in [1.165, 1.54) is 5.56 Å². The SMILES string of the molecule is COc1cccc(-c2cc(C(=O)NC3CCN(Cc4ccccc4)CC3)n(-c3cccc(C)c3)n2)c1. The number of rotatable bonds is 7. The monoisotopic (exact) mass is 480 g/mol. The quantitative estimate of drug-likeness (QED) is 0.393. The Hall–Kier alpha value is -3.90. The second-order valence-electron chi connectivity index (χ2n) is 9.41. The molecule has 1 aromatic heterocycles. The van der Waals surface area contributed by atoms with Gasteiger partial charge in [-0.15, -0.1) is 0 Å². The first-order valence-electron chi connectivity index (χ1n) is 12.5. The molecule has 1 amide bonds. The third kappa shape index (κ3) is 5.50. The number of carbonyl (C=O) groups excluding carboxylic acids is 1. The van der Waals surface area contributed by atoms with Crippen molar-refractivity contribution in [2.45, 2.75) is 32.4 Å². The van der Waals surface area contributed by atoms with Crippen molar-refractivity contribution in [2.24, 2.45) is 0 Å². The molecule has 6 nitrogen and oxygen atoms in total. The van der Waals surface area contributed by atoms with Crippen molar-refractivity contribution in [3.05, 3.63) is 102 Å². The number of ether oxygens (including phenoxy) is 1. The van der Waals surface area contributed by atoms with Crippen LogP contribution >= 0.6 is 0 Å². The van der Waals surface area contributed by atoms with Gasteiger partial charge in [0.1, 0.15) is 11.4 Å².